The number of benzene rings is 1. The first-order valence-electron chi connectivity index (χ1n) is 5.75. The van der Waals surface area contributed by atoms with Crippen molar-refractivity contribution in [2.24, 2.45) is 5.84 Å². The van der Waals surface area contributed by atoms with E-state index in [1.807, 2.05) is 13.0 Å². The Labute approximate surface area is 126 Å². The number of nitrogens with zero attached hydrogens (tertiary/aromatic N) is 2. The number of halogens is 4. The van der Waals surface area contributed by atoms with Gasteiger partial charge >= 0.3 is 6.18 Å². The van der Waals surface area contributed by atoms with E-state index in [1.54, 1.807) is 12.1 Å². The van der Waals surface area contributed by atoms with E-state index in [-0.39, 0.29) is 11.6 Å². The zero-order valence-corrected chi connectivity index (χ0v) is 12.4. The van der Waals surface area contributed by atoms with Gasteiger partial charge in [-0.05, 0) is 40.5 Å². The van der Waals surface area contributed by atoms with Crippen LogP contribution in [0.4, 0.5) is 30.5 Å². The quantitative estimate of drug-likeness (QED) is 0.575. The third kappa shape index (κ3) is 3.82. The fraction of sp³-hybridized carbons (Fsp3) is 0.167. The Balaban J connectivity index is 2.42. The summed E-state index contributed by atoms with van der Waals surface area (Å²) >= 11 is 3.31. The van der Waals surface area contributed by atoms with Crippen molar-refractivity contribution in [2.45, 2.75) is 13.1 Å². The number of nitrogens with two attached hydrogens (primary N) is 1. The number of hydrazine groups is 1. The summed E-state index contributed by atoms with van der Waals surface area (Å²) in [7, 11) is 0. The number of aryl methyl sites for hydroxylation is 1. The summed E-state index contributed by atoms with van der Waals surface area (Å²) in [5, 5.41) is 2.81. The zero-order valence-electron chi connectivity index (χ0n) is 10.8. The molecule has 0 aliphatic rings. The number of hydrogen-bond acceptors (Lipinski definition) is 5. The molecule has 9 heteroatoms. The van der Waals surface area contributed by atoms with Crippen molar-refractivity contribution in [1.29, 1.82) is 0 Å². The van der Waals surface area contributed by atoms with Crippen LogP contribution in [0.5, 0.6) is 0 Å². The number of hydrogen-bond donors (Lipinski definition) is 3. The summed E-state index contributed by atoms with van der Waals surface area (Å²) < 4.78 is 38.9. The predicted octanol–water partition coefficient (Wildman–Crippen LogP) is 3.60. The summed E-state index contributed by atoms with van der Waals surface area (Å²) in [6, 6.07) is 6.70. The number of alkyl halides is 3. The van der Waals surface area contributed by atoms with Gasteiger partial charge in [0.2, 0.25) is 5.82 Å². The Morgan fingerprint density at radius 3 is 2.43 bits per heavy atom. The minimum absolute atomic E-state index is 0.0171. The lowest BCUT2D eigenvalue weighted by molar-refractivity contribution is -0.144. The van der Waals surface area contributed by atoms with Crippen LogP contribution in [-0.4, -0.2) is 9.97 Å². The van der Waals surface area contributed by atoms with Crippen molar-refractivity contribution >= 4 is 33.3 Å². The lowest BCUT2D eigenvalue weighted by Crippen LogP contribution is -2.16. The molecule has 0 atom stereocenters. The van der Waals surface area contributed by atoms with Crippen molar-refractivity contribution in [3.8, 4) is 0 Å². The molecule has 0 amide bonds. The lowest BCUT2D eigenvalue weighted by atomic mass is 10.2. The molecule has 0 aliphatic heterocycles. The van der Waals surface area contributed by atoms with E-state index in [1.165, 1.54) is 6.07 Å². The molecule has 0 saturated carbocycles. The maximum absolute atomic E-state index is 12.7. The van der Waals surface area contributed by atoms with E-state index in [2.05, 4.69) is 36.6 Å². The van der Waals surface area contributed by atoms with Crippen molar-refractivity contribution in [1.82, 2.24) is 9.97 Å². The number of nitrogens with one attached hydrogen (secondary N) is 2. The SMILES string of the molecule is Cc1ccc(Br)c(Nc2cc(NN)nc(C(F)(F)F)n2)c1. The molecule has 0 bridgehead atoms. The molecule has 0 unspecified atom stereocenters. The summed E-state index contributed by atoms with van der Waals surface area (Å²) in [6.45, 7) is 1.87. The largest absolute Gasteiger partial charge is 0.451 e. The number of rotatable bonds is 3. The van der Waals surface area contributed by atoms with Gasteiger partial charge in [-0.1, -0.05) is 6.07 Å². The van der Waals surface area contributed by atoms with Gasteiger partial charge in [0.15, 0.2) is 0 Å². The molecule has 2 rings (SSSR count). The van der Waals surface area contributed by atoms with Crippen molar-refractivity contribution in [2.75, 3.05) is 10.7 Å². The van der Waals surface area contributed by atoms with Gasteiger partial charge in [0.25, 0.3) is 0 Å². The fourth-order valence-corrected chi connectivity index (χ4v) is 1.93. The van der Waals surface area contributed by atoms with Crippen LogP contribution in [0.1, 0.15) is 11.4 Å². The van der Waals surface area contributed by atoms with E-state index in [0.29, 0.717) is 10.2 Å². The van der Waals surface area contributed by atoms with Gasteiger partial charge in [-0.25, -0.2) is 15.8 Å². The Morgan fingerprint density at radius 2 is 1.81 bits per heavy atom. The average Bonchev–Trinajstić information content (AvgIpc) is 2.41. The second kappa shape index (κ2) is 5.86. The monoisotopic (exact) mass is 361 g/mol. The minimum atomic E-state index is -4.66. The third-order valence-corrected chi connectivity index (χ3v) is 3.20. The highest BCUT2D eigenvalue weighted by Crippen LogP contribution is 2.30. The summed E-state index contributed by atoms with van der Waals surface area (Å²) in [4.78, 5) is 6.74. The van der Waals surface area contributed by atoms with Crippen molar-refractivity contribution in [3.05, 3.63) is 40.1 Å². The van der Waals surface area contributed by atoms with E-state index >= 15 is 0 Å². The lowest BCUT2D eigenvalue weighted by Gasteiger charge is -2.12. The van der Waals surface area contributed by atoms with Crippen LogP contribution < -0.4 is 16.6 Å². The number of anilines is 3. The molecule has 112 valence electrons. The fourth-order valence-electron chi connectivity index (χ4n) is 1.58. The third-order valence-electron chi connectivity index (χ3n) is 2.51. The smallest absolute Gasteiger partial charge is 0.339 e. The topological polar surface area (TPSA) is 75.9 Å². The standard InChI is InChI=1S/C12H11BrF3N5/c1-6-2-3-7(13)8(4-6)18-9-5-10(21-17)20-11(19-9)12(14,15)16/h2-5H,17H2,1H3,(H2,18,19,20,21). The molecule has 4 N–H and O–H groups in total. The second-order valence-electron chi connectivity index (χ2n) is 4.21. The van der Waals surface area contributed by atoms with Gasteiger partial charge in [0.1, 0.15) is 11.6 Å². The van der Waals surface area contributed by atoms with Crippen LogP contribution in [0.3, 0.4) is 0 Å². The summed E-state index contributed by atoms with van der Waals surface area (Å²) in [5.74, 6) is 3.71. The molecule has 0 fully saturated rings. The molecule has 0 aliphatic carbocycles. The first kappa shape index (κ1) is 15.5. The highest BCUT2D eigenvalue weighted by molar-refractivity contribution is 9.10. The molecule has 0 radical (unpaired) electrons. The predicted molar refractivity (Wildman–Crippen MR) is 77.0 cm³/mol. The molecule has 1 aromatic heterocycles. The highest BCUT2D eigenvalue weighted by Gasteiger charge is 2.35. The van der Waals surface area contributed by atoms with Gasteiger partial charge in [0.05, 0.1) is 5.69 Å². The van der Waals surface area contributed by atoms with Gasteiger partial charge in [-0.2, -0.15) is 13.2 Å². The Bertz CT molecular complexity index is 660. The molecule has 0 spiro atoms. The maximum atomic E-state index is 12.7. The molecular weight excluding hydrogens is 351 g/mol. The molecule has 21 heavy (non-hydrogen) atoms. The molecule has 1 heterocycles. The van der Waals surface area contributed by atoms with Gasteiger partial charge in [0, 0.05) is 10.5 Å². The van der Waals surface area contributed by atoms with Crippen LogP contribution in [0.25, 0.3) is 0 Å². The molecule has 0 saturated heterocycles. The number of nitrogen functional groups attached to an aromatic ring is 1. The van der Waals surface area contributed by atoms with Gasteiger partial charge < -0.3 is 10.7 Å². The molecule has 5 nitrogen and oxygen atoms in total. The number of aromatic nitrogens is 2. The first-order chi connectivity index (χ1) is 9.79. The molecule has 1 aromatic carbocycles. The van der Waals surface area contributed by atoms with Crippen LogP contribution in [-0.2, 0) is 6.18 Å². The highest BCUT2D eigenvalue weighted by atomic mass is 79.9. The minimum Gasteiger partial charge on any atom is -0.339 e. The Morgan fingerprint density at radius 1 is 1.14 bits per heavy atom. The summed E-state index contributed by atoms with van der Waals surface area (Å²) in [6.07, 6.45) is -4.66. The van der Waals surface area contributed by atoms with Crippen LogP contribution in [0.2, 0.25) is 0 Å². The van der Waals surface area contributed by atoms with Crippen molar-refractivity contribution < 1.29 is 13.2 Å². The van der Waals surface area contributed by atoms with E-state index in [0.717, 1.165) is 5.56 Å². The first-order valence-corrected chi connectivity index (χ1v) is 6.55. The Hall–Kier alpha value is -1.87. The normalized spacial score (nSPS) is 11.3. The molecular formula is C12H11BrF3N5. The Kier molecular flexibility index (Phi) is 4.33. The van der Waals surface area contributed by atoms with Crippen LogP contribution in [0, 0.1) is 6.92 Å². The maximum Gasteiger partial charge on any atom is 0.451 e. The zero-order chi connectivity index (χ0) is 15.6. The second-order valence-corrected chi connectivity index (χ2v) is 5.07. The van der Waals surface area contributed by atoms with E-state index in [9.17, 15) is 13.2 Å². The van der Waals surface area contributed by atoms with E-state index in [4.69, 9.17) is 5.84 Å². The van der Waals surface area contributed by atoms with Crippen molar-refractivity contribution in [3.63, 3.8) is 0 Å². The summed E-state index contributed by atoms with van der Waals surface area (Å²) in [5.41, 5.74) is 3.62. The van der Waals surface area contributed by atoms with Gasteiger partial charge in [-0.3, -0.25) is 0 Å². The average molecular weight is 362 g/mol. The van der Waals surface area contributed by atoms with Gasteiger partial charge in [-0.15, -0.1) is 0 Å². The van der Waals surface area contributed by atoms with Crippen LogP contribution in [0.15, 0.2) is 28.7 Å². The van der Waals surface area contributed by atoms with Crippen LogP contribution >= 0.6 is 15.9 Å². The van der Waals surface area contributed by atoms with E-state index < -0.39 is 12.0 Å². The molecule has 2 aromatic rings.